The van der Waals surface area contributed by atoms with Crippen molar-refractivity contribution in [2.24, 2.45) is 5.10 Å². The standard InChI is InChI=1S/C22H20Cl2N4O3/c1-13-10-15(14(2)28(13)19-11-16(23)8-9-17(19)24)12-25-27-22(30)21(29)26-18-6-4-5-7-20(18)31-3/h4-12H,1-3H3,(H,26,29)(H,27,30)/b25-12-. The molecular weight excluding hydrogens is 439 g/mol. The average molecular weight is 459 g/mol. The molecule has 160 valence electrons. The van der Waals surface area contributed by atoms with Crippen LogP contribution in [0.1, 0.15) is 17.0 Å². The molecule has 3 aromatic rings. The maximum atomic E-state index is 12.1. The fourth-order valence-electron chi connectivity index (χ4n) is 3.08. The van der Waals surface area contributed by atoms with E-state index in [2.05, 4.69) is 15.8 Å². The summed E-state index contributed by atoms with van der Waals surface area (Å²) in [6, 6.07) is 13.9. The van der Waals surface area contributed by atoms with Crippen LogP contribution >= 0.6 is 23.2 Å². The molecule has 0 atom stereocenters. The summed E-state index contributed by atoms with van der Waals surface area (Å²) in [5.74, 6) is -1.33. The van der Waals surface area contributed by atoms with Crippen LogP contribution in [0.3, 0.4) is 0 Å². The van der Waals surface area contributed by atoms with Crippen LogP contribution in [0.4, 0.5) is 5.69 Å². The van der Waals surface area contributed by atoms with Gasteiger partial charge in [-0.2, -0.15) is 5.10 Å². The molecule has 0 fully saturated rings. The van der Waals surface area contributed by atoms with E-state index in [1.54, 1.807) is 42.5 Å². The molecule has 31 heavy (non-hydrogen) atoms. The summed E-state index contributed by atoms with van der Waals surface area (Å²) in [5.41, 5.74) is 5.85. The van der Waals surface area contributed by atoms with E-state index in [1.807, 2.05) is 24.5 Å². The van der Waals surface area contributed by atoms with Crippen molar-refractivity contribution >= 4 is 46.9 Å². The Balaban J connectivity index is 1.72. The first kappa shape index (κ1) is 22.4. The number of rotatable bonds is 5. The van der Waals surface area contributed by atoms with Gasteiger partial charge in [-0.1, -0.05) is 35.3 Å². The number of nitrogens with one attached hydrogen (secondary N) is 2. The molecule has 0 radical (unpaired) electrons. The third kappa shape index (κ3) is 5.07. The van der Waals surface area contributed by atoms with E-state index in [0.717, 1.165) is 22.6 Å². The van der Waals surface area contributed by atoms with Crippen molar-refractivity contribution in [2.45, 2.75) is 13.8 Å². The van der Waals surface area contributed by atoms with E-state index >= 15 is 0 Å². The lowest BCUT2D eigenvalue weighted by Gasteiger charge is -2.12. The first-order valence-electron chi connectivity index (χ1n) is 9.23. The van der Waals surface area contributed by atoms with Crippen molar-refractivity contribution in [2.75, 3.05) is 12.4 Å². The SMILES string of the molecule is COc1ccccc1NC(=O)C(=O)N/N=C\c1cc(C)n(-c2cc(Cl)ccc2Cl)c1C. The molecule has 0 unspecified atom stereocenters. The number of halogens is 2. The van der Waals surface area contributed by atoms with Gasteiger partial charge in [0.2, 0.25) is 0 Å². The van der Waals surface area contributed by atoms with Crippen LogP contribution in [0.5, 0.6) is 5.75 Å². The van der Waals surface area contributed by atoms with Gasteiger partial charge in [-0.05, 0) is 50.2 Å². The molecule has 3 rings (SSSR count). The molecule has 1 heterocycles. The van der Waals surface area contributed by atoms with Crippen LogP contribution < -0.4 is 15.5 Å². The summed E-state index contributed by atoms with van der Waals surface area (Å²) < 4.78 is 7.08. The number of aryl methyl sites for hydroxylation is 1. The van der Waals surface area contributed by atoms with Crippen molar-refractivity contribution in [3.63, 3.8) is 0 Å². The molecule has 1 aromatic heterocycles. The third-order valence-electron chi connectivity index (χ3n) is 4.55. The van der Waals surface area contributed by atoms with Crippen LogP contribution in [0, 0.1) is 13.8 Å². The highest BCUT2D eigenvalue weighted by molar-refractivity contribution is 6.39. The molecule has 7 nitrogen and oxygen atoms in total. The first-order chi connectivity index (χ1) is 14.8. The number of hydrogen-bond acceptors (Lipinski definition) is 4. The summed E-state index contributed by atoms with van der Waals surface area (Å²) >= 11 is 12.4. The molecule has 0 aliphatic heterocycles. The van der Waals surface area contributed by atoms with Gasteiger partial charge < -0.3 is 14.6 Å². The smallest absolute Gasteiger partial charge is 0.329 e. The predicted molar refractivity (Wildman–Crippen MR) is 123 cm³/mol. The monoisotopic (exact) mass is 458 g/mol. The number of carbonyl (C=O) groups excluding carboxylic acids is 2. The molecular formula is C22H20Cl2N4O3. The number of methoxy groups -OCH3 is 1. The fourth-order valence-corrected chi connectivity index (χ4v) is 3.45. The Morgan fingerprint density at radius 1 is 1.06 bits per heavy atom. The third-order valence-corrected chi connectivity index (χ3v) is 5.11. The van der Waals surface area contributed by atoms with Crippen LogP contribution in [0.2, 0.25) is 10.0 Å². The molecule has 9 heteroatoms. The lowest BCUT2D eigenvalue weighted by Crippen LogP contribution is -2.32. The van der Waals surface area contributed by atoms with E-state index in [1.165, 1.54) is 13.3 Å². The summed E-state index contributed by atoms with van der Waals surface area (Å²) in [5, 5.41) is 7.51. The van der Waals surface area contributed by atoms with Gasteiger partial charge in [0.1, 0.15) is 5.75 Å². The maximum absolute atomic E-state index is 12.1. The zero-order valence-electron chi connectivity index (χ0n) is 17.1. The average Bonchev–Trinajstić information content (AvgIpc) is 3.03. The summed E-state index contributed by atoms with van der Waals surface area (Å²) in [7, 11) is 1.47. The zero-order valence-corrected chi connectivity index (χ0v) is 18.6. The van der Waals surface area contributed by atoms with Crippen molar-refractivity contribution < 1.29 is 14.3 Å². The number of benzene rings is 2. The number of hydrogen-bond donors (Lipinski definition) is 2. The second-order valence-electron chi connectivity index (χ2n) is 6.61. The number of carbonyl (C=O) groups is 2. The number of aromatic nitrogens is 1. The second-order valence-corrected chi connectivity index (χ2v) is 7.45. The number of amides is 2. The van der Waals surface area contributed by atoms with Gasteiger partial charge >= 0.3 is 11.8 Å². The molecule has 0 saturated heterocycles. The van der Waals surface area contributed by atoms with E-state index in [9.17, 15) is 9.59 Å². The molecule has 2 N–H and O–H groups in total. The van der Waals surface area contributed by atoms with Gasteiger partial charge in [0.05, 0.1) is 29.7 Å². The zero-order chi connectivity index (χ0) is 22.5. The predicted octanol–water partition coefficient (Wildman–Crippen LogP) is 4.50. The minimum Gasteiger partial charge on any atom is -0.495 e. The fraction of sp³-hybridized carbons (Fsp3) is 0.136. The van der Waals surface area contributed by atoms with E-state index in [4.69, 9.17) is 27.9 Å². The Morgan fingerprint density at radius 3 is 2.55 bits per heavy atom. The maximum Gasteiger partial charge on any atom is 0.329 e. The Morgan fingerprint density at radius 2 is 1.81 bits per heavy atom. The summed E-state index contributed by atoms with van der Waals surface area (Å²) in [4.78, 5) is 24.2. The highest BCUT2D eigenvalue weighted by atomic mass is 35.5. The Kier molecular flexibility index (Phi) is 6.99. The van der Waals surface area contributed by atoms with Gasteiger partial charge in [0, 0.05) is 22.0 Å². The van der Waals surface area contributed by atoms with E-state index in [0.29, 0.717) is 21.5 Å². The minimum absolute atomic E-state index is 0.385. The number of hydrazone groups is 1. The lowest BCUT2D eigenvalue weighted by molar-refractivity contribution is -0.136. The van der Waals surface area contributed by atoms with Crippen molar-refractivity contribution in [1.29, 1.82) is 0 Å². The number of anilines is 1. The summed E-state index contributed by atoms with van der Waals surface area (Å²) in [6.07, 6.45) is 1.46. The lowest BCUT2D eigenvalue weighted by atomic mass is 10.2. The highest BCUT2D eigenvalue weighted by Crippen LogP contribution is 2.28. The van der Waals surface area contributed by atoms with Gasteiger partial charge in [0.25, 0.3) is 0 Å². The molecule has 2 amide bonds. The van der Waals surface area contributed by atoms with Gasteiger partial charge in [-0.3, -0.25) is 9.59 Å². The van der Waals surface area contributed by atoms with Crippen LogP contribution in [0.15, 0.2) is 53.6 Å². The second kappa shape index (κ2) is 9.68. The largest absolute Gasteiger partial charge is 0.495 e. The van der Waals surface area contributed by atoms with Gasteiger partial charge in [-0.15, -0.1) is 0 Å². The van der Waals surface area contributed by atoms with E-state index < -0.39 is 11.8 Å². The Labute approximate surface area is 189 Å². The number of nitrogens with zero attached hydrogens (tertiary/aromatic N) is 2. The van der Waals surface area contributed by atoms with Crippen molar-refractivity contribution in [3.8, 4) is 11.4 Å². The number of para-hydroxylation sites is 2. The van der Waals surface area contributed by atoms with Gasteiger partial charge in [-0.25, -0.2) is 5.43 Å². The Bertz CT molecular complexity index is 1170. The topological polar surface area (TPSA) is 84.7 Å². The molecule has 0 aliphatic rings. The number of ether oxygens (including phenoxy) is 1. The molecule has 0 bridgehead atoms. The van der Waals surface area contributed by atoms with Crippen molar-refractivity contribution in [1.82, 2.24) is 9.99 Å². The van der Waals surface area contributed by atoms with Gasteiger partial charge in [0.15, 0.2) is 0 Å². The molecule has 0 spiro atoms. The van der Waals surface area contributed by atoms with Crippen LogP contribution in [-0.2, 0) is 9.59 Å². The van der Waals surface area contributed by atoms with E-state index in [-0.39, 0.29) is 0 Å². The normalized spacial score (nSPS) is 10.9. The molecule has 2 aromatic carbocycles. The minimum atomic E-state index is -0.908. The molecule has 0 aliphatic carbocycles. The summed E-state index contributed by atoms with van der Waals surface area (Å²) in [6.45, 7) is 3.81. The van der Waals surface area contributed by atoms with Crippen LogP contribution in [-0.4, -0.2) is 29.7 Å². The Hall–Kier alpha value is -3.29. The van der Waals surface area contributed by atoms with Crippen molar-refractivity contribution in [3.05, 3.63) is 75.5 Å². The quantitative estimate of drug-likeness (QED) is 0.335. The first-order valence-corrected chi connectivity index (χ1v) is 9.99. The highest BCUT2D eigenvalue weighted by Gasteiger charge is 2.16. The van der Waals surface area contributed by atoms with Crippen LogP contribution in [0.25, 0.3) is 5.69 Å². The molecule has 0 saturated carbocycles.